The first-order valence-electron chi connectivity index (χ1n) is 8.13. The molecule has 0 bridgehead atoms. The first kappa shape index (κ1) is 19.5. The Morgan fingerprint density at radius 3 is 2.77 bits per heavy atom. The Balaban J connectivity index is 1.98. The molecule has 0 atom stereocenters. The van der Waals surface area contributed by atoms with Gasteiger partial charge in [-0.3, -0.25) is 5.32 Å². The number of aryl methyl sites for hydroxylation is 1. The van der Waals surface area contributed by atoms with Crippen LogP contribution in [0.25, 0.3) is 0 Å². The molecule has 2 rings (SSSR count). The summed E-state index contributed by atoms with van der Waals surface area (Å²) in [6.07, 6.45) is 1.57. The molecule has 2 aromatic rings. The van der Waals surface area contributed by atoms with Gasteiger partial charge in [-0.2, -0.15) is 0 Å². The van der Waals surface area contributed by atoms with Crippen LogP contribution < -0.4 is 26.4 Å². The van der Waals surface area contributed by atoms with Gasteiger partial charge in [0.2, 0.25) is 0 Å². The molecule has 9 heteroatoms. The number of primary amides is 1. The average Bonchev–Trinajstić information content (AvgIpc) is 3.00. The number of hydrogen-bond acceptors (Lipinski definition) is 5. The van der Waals surface area contributed by atoms with E-state index in [9.17, 15) is 9.59 Å². The van der Waals surface area contributed by atoms with E-state index in [0.29, 0.717) is 29.1 Å². The Labute approximate surface area is 156 Å². The monoisotopic (exact) mass is 377 g/mol. The lowest BCUT2D eigenvalue weighted by Crippen LogP contribution is -2.28. The number of aromatic nitrogens is 1. The van der Waals surface area contributed by atoms with Crippen LogP contribution in [0.15, 0.2) is 24.4 Å². The number of anilines is 2. The van der Waals surface area contributed by atoms with Crippen LogP contribution >= 0.6 is 11.3 Å². The highest BCUT2D eigenvalue weighted by molar-refractivity contribution is 7.15. The van der Waals surface area contributed by atoms with Crippen molar-refractivity contribution in [1.29, 1.82) is 0 Å². The summed E-state index contributed by atoms with van der Waals surface area (Å²) < 4.78 is 5.78. The van der Waals surface area contributed by atoms with Gasteiger partial charge in [-0.25, -0.2) is 14.6 Å². The second-order valence-corrected chi connectivity index (χ2v) is 7.25. The number of hydrogen-bond donors (Lipinski definition) is 4. The molecule has 4 amide bonds. The van der Waals surface area contributed by atoms with Gasteiger partial charge in [0.05, 0.1) is 18.8 Å². The number of carbonyl (C=O) groups excluding carboxylic acids is 2. The number of benzene rings is 1. The van der Waals surface area contributed by atoms with E-state index in [1.807, 2.05) is 19.1 Å². The second-order valence-electron chi connectivity index (χ2n) is 6.13. The number of rotatable bonds is 7. The number of carbonyl (C=O) groups is 2. The maximum absolute atomic E-state index is 12.2. The average molecular weight is 377 g/mol. The summed E-state index contributed by atoms with van der Waals surface area (Å²) in [5.74, 6) is 0.999. The van der Waals surface area contributed by atoms with Crippen LogP contribution in [0.1, 0.15) is 24.3 Å². The van der Waals surface area contributed by atoms with Crippen molar-refractivity contribution in [3.05, 3.63) is 34.8 Å². The molecule has 1 aromatic carbocycles. The summed E-state index contributed by atoms with van der Waals surface area (Å²) >= 11 is 1.25. The van der Waals surface area contributed by atoms with E-state index in [0.717, 1.165) is 10.4 Å². The van der Waals surface area contributed by atoms with Crippen molar-refractivity contribution in [3.8, 4) is 5.75 Å². The molecule has 0 aliphatic rings. The van der Waals surface area contributed by atoms with E-state index in [1.165, 1.54) is 11.3 Å². The molecule has 5 N–H and O–H groups in total. The van der Waals surface area contributed by atoms with Gasteiger partial charge >= 0.3 is 12.1 Å². The minimum Gasteiger partial charge on any atom is -0.491 e. The molecule has 0 fully saturated rings. The Morgan fingerprint density at radius 2 is 2.08 bits per heavy atom. The summed E-state index contributed by atoms with van der Waals surface area (Å²) in [5.41, 5.74) is 6.65. The molecule has 1 aromatic heterocycles. The lowest BCUT2D eigenvalue weighted by Gasteiger charge is -2.14. The fourth-order valence-corrected chi connectivity index (χ4v) is 2.73. The Kier molecular flexibility index (Phi) is 6.79. The largest absolute Gasteiger partial charge is 0.491 e. The number of urea groups is 2. The zero-order valence-corrected chi connectivity index (χ0v) is 15.8. The second kappa shape index (κ2) is 9.04. The summed E-state index contributed by atoms with van der Waals surface area (Å²) in [4.78, 5) is 27.8. The molecule has 0 aliphatic carbocycles. The smallest absolute Gasteiger partial charge is 0.325 e. The minimum absolute atomic E-state index is 0.265. The van der Waals surface area contributed by atoms with E-state index < -0.39 is 12.1 Å². The van der Waals surface area contributed by atoms with Gasteiger partial charge in [0.1, 0.15) is 5.75 Å². The number of thiazole rings is 1. The van der Waals surface area contributed by atoms with Crippen molar-refractivity contribution in [2.45, 2.75) is 27.3 Å². The van der Waals surface area contributed by atoms with Crippen molar-refractivity contribution in [2.24, 2.45) is 11.7 Å². The van der Waals surface area contributed by atoms with Gasteiger partial charge in [0.15, 0.2) is 5.13 Å². The molecule has 140 valence electrons. The highest BCUT2D eigenvalue weighted by atomic mass is 32.1. The molecular formula is C17H23N5O3S. The molecule has 0 unspecified atom stereocenters. The number of ether oxygens (including phenoxy) is 1. The van der Waals surface area contributed by atoms with E-state index in [4.69, 9.17) is 10.5 Å². The maximum Gasteiger partial charge on any atom is 0.325 e. The fraction of sp³-hybridized carbons (Fsp3) is 0.353. The Bertz CT molecular complexity index is 776. The molecule has 0 saturated carbocycles. The lowest BCUT2D eigenvalue weighted by molar-refractivity contribution is 0.248. The van der Waals surface area contributed by atoms with E-state index in [2.05, 4.69) is 34.8 Å². The van der Waals surface area contributed by atoms with Crippen LogP contribution in [-0.4, -0.2) is 23.7 Å². The molecule has 0 saturated heterocycles. The Hall–Kier alpha value is -2.81. The zero-order valence-electron chi connectivity index (χ0n) is 15.0. The third-order valence-corrected chi connectivity index (χ3v) is 4.08. The molecule has 0 aliphatic heterocycles. The highest BCUT2D eigenvalue weighted by Gasteiger charge is 2.11. The van der Waals surface area contributed by atoms with Gasteiger partial charge in [-0.15, -0.1) is 0 Å². The number of nitrogens with two attached hydrogens (primary N) is 1. The maximum atomic E-state index is 12.2. The molecule has 26 heavy (non-hydrogen) atoms. The first-order valence-corrected chi connectivity index (χ1v) is 8.94. The predicted molar refractivity (Wildman–Crippen MR) is 103 cm³/mol. The topological polar surface area (TPSA) is 118 Å². The zero-order chi connectivity index (χ0) is 19.1. The van der Waals surface area contributed by atoms with Crippen LogP contribution in [-0.2, 0) is 6.54 Å². The third-order valence-electron chi connectivity index (χ3n) is 3.17. The van der Waals surface area contributed by atoms with Gasteiger partial charge in [0, 0.05) is 11.1 Å². The van der Waals surface area contributed by atoms with Crippen LogP contribution in [0.2, 0.25) is 0 Å². The number of amides is 4. The first-order chi connectivity index (χ1) is 12.3. The Morgan fingerprint density at radius 1 is 1.31 bits per heavy atom. The van der Waals surface area contributed by atoms with Crippen molar-refractivity contribution < 1.29 is 14.3 Å². The molecular weight excluding hydrogens is 354 g/mol. The SMILES string of the molecule is Cc1ccc(NC(=O)Nc2ncc(CNC(N)=O)s2)c(OCC(C)C)c1. The predicted octanol–water partition coefficient (Wildman–Crippen LogP) is 3.30. The number of nitrogens with one attached hydrogen (secondary N) is 3. The van der Waals surface area contributed by atoms with Crippen LogP contribution in [0, 0.1) is 12.8 Å². The molecule has 8 nitrogen and oxygen atoms in total. The normalized spacial score (nSPS) is 10.5. The molecule has 1 heterocycles. The van der Waals surface area contributed by atoms with E-state index in [1.54, 1.807) is 12.3 Å². The molecule has 0 spiro atoms. The lowest BCUT2D eigenvalue weighted by atomic mass is 10.2. The quantitative estimate of drug-likeness (QED) is 0.592. The van der Waals surface area contributed by atoms with Crippen molar-refractivity contribution in [2.75, 3.05) is 17.2 Å². The summed E-state index contributed by atoms with van der Waals surface area (Å²) in [6, 6.07) is 4.55. The van der Waals surface area contributed by atoms with Gasteiger partial charge in [-0.05, 0) is 30.5 Å². The molecule has 0 radical (unpaired) electrons. The fourth-order valence-electron chi connectivity index (χ4n) is 1.98. The summed E-state index contributed by atoms with van der Waals surface area (Å²) in [6.45, 7) is 6.90. The summed E-state index contributed by atoms with van der Waals surface area (Å²) in [5, 5.41) is 8.32. The third kappa shape index (κ3) is 6.25. The van der Waals surface area contributed by atoms with Gasteiger partial charge in [0.25, 0.3) is 0 Å². The van der Waals surface area contributed by atoms with Gasteiger partial charge < -0.3 is 21.1 Å². The highest BCUT2D eigenvalue weighted by Crippen LogP contribution is 2.27. The standard InChI is InChI=1S/C17H23N5O3S/c1-10(2)9-25-14-6-11(3)4-5-13(14)21-16(24)22-17-20-8-12(26-17)7-19-15(18)23/h4-6,8,10H,7,9H2,1-3H3,(H3,18,19,23)(H2,20,21,22,24). The minimum atomic E-state index is -0.612. The van der Waals surface area contributed by atoms with Crippen LogP contribution in [0.5, 0.6) is 5.75 Å². The van der Waals surface area contributed by atoms with Crippen LogP contribution in [0.3, 0.4) is 0 Å². The van der Waals surface area contributed by atoms with E-state index >= 15 is 0 Å². The van der Waals surface area contributed by atoms with E-state index in [-0.39, 0.29) is 6.54 Å². The summed E-state index contributed by atoms with van der Waals surface area (Å²) in [7, 11) is 0. The van der Waals surface area contributed by atoms with Crippen molar-refractivity contribution >= 4 is 34.2 Å². The van der Waals surface area contributed by atoms with Crippen LogP contribution in [0.4, 0.5) is 20.4 Å². The number of nitrogens with zero attached hydrogens (tertiary/aromatic N) is 1. The van der Waals surface area contributed by atoms with Crippen molar-refractivity contribution in [3.63, 3.8) is 0 Å². The van der Waals surface area contributed by atoms with Gasteiger partial charge in [-0.1, -0.05) is 31.3 Å². The van der Waals surface area contributed by atoms with Crippen molar-refractivity contribution in [1.82, 2.24) is 10.3 Å².